The molecule has 0 saturated heterocycles. The highest BCUT2D eigenvalue weighted by atomic mass is 32.2. The summed E-state index contributed by atoms with van der Waals surface area (Å²) in [5.41, 5.74) is 0.665. The Morgan fingerprint density at radius 2 is 2.32 bits per heavy atom. The van der Waals surface area contributed by atoms with Gasteiger partial charge in [0.25, 0.3) is 0 Å². The molecule has 1 aliphatic carbocycles. The van der Waals surface area contributed by atoms with Gasteiger partial charge in [-0.05, 0) is 32.4 Å². The topological polar surface area (TPSA) is 75.1 Å². The van der Waals surface area contributed by atoms with Crippen molar-refractivity contribution in [2.75, 3.05) is 11.6 Å². The maximum atomic E-state index is 10.9. The third-order valence-corrected chi connectivity index (χ3v) is 4.60. The van der Waals surface area contributed by atoms with Crippen LogP contribution in [0.3, 0.4) is 0 Å². The van der Waals surface area contributed by atoms with Crippen LogP contribution in [0.4, 0.5) is 5.95 Å². The molecule has 1 fully saturated rings. The Morgan fingerprint density at radius 1 is 1.53 bits per heavy atom. The Labute approximate surface area is 117 Å². The number of hydrogen-bond donors (Lipinski definition) is 2. The fourth-order valence-electron chi connectivity index (χ4n) is 2.42. The summed E-state index contributed by atoms with van der Waals surface area (Å²) in [4.78, 5) is 19.2. The van der Waals surface area contributed by atoms with Gasteiger partial charge in [0.15, 0.2) is 0 Å². The van der Waals surface area contributed by atoms with E-state index < -0.39 is 5.97 Å². The van der Waals surface area contributed by atoms with Crippen LogP contribution in [0, 0.1) is 6.92 Å². The van der Waals surface area contributed by atoms with Gasteiger partial charge in [0.1, 0.15) is 0 Å². The van der Waals surface area contributed by atoms with Crippen LogP contribution in [0.25, 0.3) is 0 Å². The van der Waals surface area contributed by atoms with E-state index >= 15 is 0 Å². The predicted molar refractivity (Wildman–Crippen MR) is 76.9 cm³/mol. The van der Waals surface area contributed by atoms with Crippen molar-refractivity contribution in [3.8, 4) is 0 Å². The summed E-state index contributed by atoms with van der Waals surface area (Å²) in [7, 11) is 0. The Hall–Kier alpha value is -1.30. The maximum absolute atomic E-state index is 10.9. The minimum Gasteiger partial charge on any atom is -0.478 e. The lowest BCUT2D eigenvalue weighted by Crippen LogP contribution is -2.29. The standard InChI is InChI=1S/C13H19N3O2S/c1-8-11(12(17)18)7-14-13(15-8)16-9-4-3-5-10(6-9)19-2/h7,9-10H,3-6H2,1-2H3,(H,17,18)(H,14,15,16). The molecule has 5 nitrogen and oxygen atoms in total. The van der Waals surface area contributed by atoms with E-state index in [4.69, 9.17) is 5.11 Å². The Kier molecular flexibility index (Phi) is 4.63. The zero-order valence-corrected chi connectivity index (χ0v) is 12.0. The van der Waals surface area contributed by atoms with Gasteiger partial charge in [-0.1, -0.05) is 6.42 Å². The van der Waals surface area contributed by atoms with E-state index in [-0.39, 0.29) is 5.56 Å². The second-order valence-electron chi connectivity index (χ2n) is 4.86. The van der Waals surface area contributed by atoms with E-state index in [9.17, 15) is 4.79 Å². The molecule has 0 spiro atoms. The van der Waals surface area contributed by atoms with E-state index in [1.807, 2.05) is 11.8 Å². The molecule has 6 heteroatoms. The molecule has 1 aromatic rings. The number of carboxylic acid groups (broad SMARTS) is 1. The third kappa shape index (κ3) is 3.59. The molecule has 0 aromatic carbocycles. The van der Waals surface area contributed by atoms with E-state index in [0.717, 1.165) is 12.8 Å². The number of carbonyl (C=O) groups is 1. The molecule has 1 aliphatic rings. The van der Waals surface area contributed by atoms with Crippen molar-refractivity contribution < 1.29 is 9.90 Å². The molecule has 19 heavy (non-hydrogen) atoms. The zero-order valence-electron chi connectivity index (χ0n) is 11.2. The fraction of sp³-hybridized carbons (Fsp3) is 0.615. The lowest BCUT2D eigenvalue weighted by atomic mass is 9.95. The van der Waals surface area contributed by atoms with E-state index in [1.165, 1.54) is 19.0 Å². The second-order valence-corrected chi connectivity index (χ2v) is 6.00. The maximum Gasteiger partial charge on any atom is 0.339 e. The van der Waals surface area contributed by atoms with Crippen LogP contribution in [-0.2, 0) is 0 Å². The molecule has 0 amide bonds. The molecule has 1 aromatic heterocycles. The molecule has 104 valence electrons. The van der Waals surface area contributed by atoms with Gasteiger partial charge in [-0.25, -0.2) is 14.8 Å². The summed E-state index contributed by atoms with van der Waals surface area (Å²) >= 11 is 1.91. The number of nitrogens with one attached hydrogen (secondary N) is 1. The first-order valence-electron chi connectivity index (χ1n) is 6.46. The number of rotatable bonds is 4. The SMILES string of the molecule is CSC1CCCC(Nc2ncc(C(=O)O)c(C)n2)C1. The van der Waals surface area contributed by atoms with Crippen molar-refractivity contribution in [3.05, 3.63) is 17.5 Å². The first-order chi connectivity index (χ1) is 9.10. The first-order valence-corrected chi connectivity index (χ1v) is 7.75. The van der Waals surface area contributed by atoms with Crippen molar-refractivity contribution in [3.63, 3.8) is 0 Å². The number of nitrogens with zero attached hydrogens (tertiary/aromatic N) is 2. The minimum atomic E-state index is -0.982. The fourth-order valence-corrected chi connectivity index (χ4v) is 3.25. The molecule has 1 saturated carbocycles. The van der Waals surface area contributed by atoms with Crippen LogP contribution >= 0.6 is 11.8 Å². The summed E-state index contributed by atoms with van der Waals surface area (Å²) < 4.78 is 0. The van der Waals surface area contributed by atoms with Gasteiger partial charge in [-0.3, -0.25) is 0 Å². The van der Waals surface area contributed by atoms with Gasteiger partial charge in [-0.2, -0.15) is 11.8 Å². The second kappa shape index (κ2) is 6.23. The van der Waals surface area contributed by atoms with E-state index in [2.05, 4.69) is 21.5 Å². The van der Waals surface area contributed by atoms with Gasteiger partial charge in [0.2, 0.25) is 5.95 Å². The van der Waals surface area contributed by atoms with E-state index in [1.54, 1.807) is 6.92 Å². The van der Waals surface area contributed by atoms with Crippen LogP contribution in [0.1, 0.15) is 41.7 Å². The normalized spacial score (nSPS) is 23.1. The number of thioether (sulfide) groups is 1. The Balaban J connectivity index is 2.03. The summed E-state index contributed by atoms with van der Waals surface area (Å²) in [6, 6.07) is 0.390. The lowest BCUT2D eigenvalue weighted by Gasteiger charge is -2.28. The number of carboxylic acids is 1. The van der Waals surface area contributed by atoms with Gasteiger partial charge in [0.05, 0.1) is 11.3 Å². The van der Waals surface area contributed by atoms with Crippen LogP contribution in [-0.4, -0.2) is 38.6 Å². The molecule has 0 radical (unpaired) electrons. The largest absolute Gasteiger partial charge is 0.478 e. The molecule has 2 atom stereocenters. The average molecular weight is 281 g/mol. The molecule has 1 heterocycles. The number of aryl methyl sites for hydroxylation is 1. The summed E-state index contributed by atoms with van der Waals surface area (Å²) in [6.07, 6.45) is 8.26. The average Bonchev–Trinajstić information content (AvgIpc) is 2.38. The lowest BCUT2D eigenvalue weighted by molar-refractivity contribution is 0.0695. The quantitative estimate of drug-likeness (QED) is 0.883. The van der Waals surface area contributed by atoms with Gasteiger partial charge in [-0.15, -0.1) is 0 Å². The van der Waals surface area contributed by atoms with Crippen molar-refractivity contribution in [2.45, 2.75) is 43.9 Å². The Bertz CT molecular complexity index is 467. The molecular weight excluding hydrogens is 262 g/mol. The highest BCUT2D eigenvalue weighted by Gasteiger charge is 2.22. The highest BCUT2D eigenvalue weighted by Crippen LogP contribution is 2.28. The molecule has 0 aliphatic heterocycles. The Morgan fingerprint density at radius 3 is 2.95 bits per heavy atom. The van der Waals surface area contributed by atoms with E-state index in [0.29, 0.717) is 22.9 Å². The number of aromatic carboxylic acids is 1. The molecule has 0 bridgehead atoms. The number of aromatic nitrogens is 2. The highest BCUT2D eigenvalue weighted by molar-refractivity contribution is 7.99. The van der Waals surface area contributed by atoms with Crippen molar-refractivity contribution in [2.24, 2.45) is 0 Å². The van der Waals surface area contributed by atoms with Crippen LogP contribution in [0.5, 0.6) is 0 Å². The van der Waals surface area contributed by atoms with Crippen molar-refractivity contribution in [1.82, 2.24) is 9.97 Å². The summed E-state index contributed by atoms with van der Waals surface area (Å²) in [6.45, 7) is 1.70. The van der Waals surface area contributed by atoms with Gasteiger partial charge >= 0.3 is 5.97 Å². The minimum absolute atomic E-state index is 0.163. The van der Waals surface area contributed by atoms with Gasteiger partial charge < -0.3 is 10.4 Å². The first kappa shape index (κ1) is 14.1. The monoisotopic (exact) mass is 281 g/mol. The predicted octanol–water partition coefficient (Wildman–Crippen LogP) is 2.57. The number of hydrogen-bond acceptors (Lipinski definition) is 5. The molecule has 2 N–H and O–H groups in total. The van der Waals surface area contributed by atoms with Gasteiger partial charge in [0, 0.05) is 17.5 Å². The molecular formula is C13H19N3O2S. The summed E-state index contributed by atoms with van der Waals surface area (Å²) in [5, 5.41) is 13.0. The van der Waals surface area contributed by atoms with Crippen molar-refractivity contribution in [1.29, 1.82) is 0 Å². The number of anilines is 1. The summed E-state index contributed by atoms with van der Waals surface area (Å²) in [5.74, 6) is -0.446. The smallest absolute Gasteiger partial charge is 0.339 e. The van der Waals surface area contributed by atoms with Crippen LogP contribution in [0.15, 0.2) is 6.20 Å². The van der Waals surface area contributed by atoms with Crippen LogP contribution < -0.4 is 5.32 Å². The van der Waals surface area contributed by atoms with Crippen LogP contribution in [0.2, 0.25) is 0 Å². The molecule has 2 rings (SSSR count). The molecule has 2 unspecified atom stereocenters. The third-order valence-electron chi connectivity index (χ3n) is 3.50. The van der Waals surface area contributed by atoms with Crippen molar-refractivity contribution >= 4 is 23.7 Å². The zero-order chi connectivity index (χ0) is 13.8.